The lowest BCUT2D eigenvalue weighted by Crippen LogP contribution is -2.07. The van der Waals surface area contributed by atoms with E-state index in [0.717, 1.165) is 11.1 Å². The molecule has 4 aromatic rings. The van der Waals surface area contributed by atoms with Crippen molar-refractivity contribution in [2.75, 3.05) is 0 Å². The number of carbonyl (C=O) groups excluding carboxylic acids is 1. The number of hydrogen-bond acceptors (Lipinski definition) is 3. The minimum atomic E-state index is -3.93. The van der Waals surface area contributed by atoms with Crippen LogP contribution in [0.3, 0.4) is 0 Å². The summed E-state index contributed by atoms with van der Waals surface area (Å²) in [7, 11) is -3.93. The molecule has 0 N–H and O–H groups in total. The highest BCUT2D eigenvalue weighted by molar-refractivity contribution is 7.90. The van der Waals surface area contributed by atoms with Gasteiger partial charge < -0.3 is 0 Å². The van der Waals surface area contributed by atoms with Crippen molar-refractivity contribution in [3.05, 3.63) is 88.9 Å². The van der Waals surface area contributed by atoms with E-state index in [1.165, 1.54) is 29.8 Å². The number of nitrogens with zero attached hydrogens (tertiary/aromatic N) is 2. The van der Waals surface area contributed by atoms with Gasteiger partial charge in [0.25, 0.3) is 10.0 Å². The molecular weight excluding hydrogens is 432 g/mol. The fourth-order valence-electron chi connectivity index (χ4n) is 3.55. The van der Waals surface area contributed by atoms with E-state index in [9.17, 15) is 13.2 Å². The zero-order valence-electron chi connectivity index (χ0n) is 16.9. The monoisotopic (exact) mass is 450 g/mol. The molecule has 156 valence electrons. The maximum Gasteiger partial charge on any atom is 0.282 e. The standard InChI is InChI=1S/C24H19ClN2O3S/c1-16-11-13-19(14-12-16)31(29,30)26-15-20-23-21(25)9-6-10-22(23)27(17(2)28)24(20)18-7-4-3-5-8-18/h3-15H,1-2H3/b26-15+. The predicted octanol–water partition coefficient (Wildman–Crippen LogP) is 5.74. The van der Waals surface area contributed by atoms with Crippen LogP contribution in [-0.4, -0.2) is 25.1 Å². The maximum atomic E-state index is 12.8. The summed E-state index contributed by atoms with van der Waals surface area (Å²) in [6.45, 7) is 3.33. The Kier molecular flexibility index (Phi) is 5.52. The van der Waals surface area contributed by atoms with E-state index in [-0.39, 0.29) is 10.8 Å². The molecule has 1 aromatic heterocycles. The molecule has 3 aromatic carbocycles. The summed E-state index contributed by atoms with van der Waals surface area (Å²) in [4.78, 5) is 12.7. The molecule has 0 aliphatic heterocycles. The molecule has 0 unspecified atom stereocenters. The summed E-state index contributed by atoms with van der Waals surface area (Å²) < 4.78 is 31.1. The van der Waals surface area contributed by atoms with Crippen LogP contribution in [0.2, 0.25) is 5.02 Å². The fraction of sp³-hybridized carbons (Fsp3) is 0.0833. The van der Waals surface area contributed by atoms with E-state index in [0.29, 0.717) is 27.2 Å². The average molecular weight is 451 g/mol. The van der Waals surface area contributed by atoms with E-state index in [2.05, 4.69) is 4.40 Å². The van der Waals surface area contributed by atoms with E-state index >= 15 is 0 Å². The van der Waals surface area contributed by atoms with Gasteiger partial charge in [0.15, 0.2) is 0 Å². The summed E-state index contributed by atoms with van der Waals surface area (Å²) in [5.74, 6) is -0.216. The van der Waals surface area contributed by atoms with Gasteiger partial charge >= 0.3 is 0 Å². The summed E-state index contributed by atoms with van der Waals surface area (Å²) in [6, 6.07) is 21.0. The molecule has 0 aliphatic rings. The van der Waals surface area contributed by atoms with Gasteiger partial charge in [0, 0.05) is 17.9 Å². The van der Waals surface area contributed by atoms with Crippen molar-refractivity contribution in [1.29, 1.82) is 0 Å². The molecule has 5 nitrogen and oxygen atoms in total. The highest BCUT2D eigenvalue weighted by Crippen LogP contribution is 2.36. The molecular formula is C24H19ClN2O3S. The quantitative estimate of drug-likeness (QED) is 0.372. The van der Waals surface area contributed by atoms with Gasteiger partial charge in [-0.15, -0.1) is 0 Å². The van der Waals surface area contributed by atoms with Crippen molar-refractivity contribution in [3.8, 4) is 11.3 Å². The Labute approximate surface area is 185 Å². The van der Waals surface area contributed by atoms with Gasteiger partial charge in [-0.05, 0) is 36.8 Å². The number of rotatable bonds is 4. The second kappa shape index (κ2) is 8.13. The summed E-state index contributed by atoms with van der Waals surface area (Å²) in [5.41, 5.74) is 3.30. The van der Waals surface area contributed by atoms with Crippen LogP contribution in [0.15, 0.2) is 82.1 Å². The van der Waals surface area contributed by atoms with Crippen LogP contribution >= 0.6 is 11.6 Å². The van der Waals surface area contributed by atoms with E-state index in [4.69, 9.17) is 11.6 Å². The highest BCUT2D eigenvalue weighted by Gasteiger charge is 2.22. The van der Waals surface area contributed by atoms with E-state index in [1.54, 1.807) is 30.3 Å². The zero-order valence-corrected chi connectivity index (χ0v) is 18.5. The smallest absolute Gasteiger partial charge is 0.279 e. The third-order valence-corrected chi connectivity index (χ3v) is 6.55. The second-order valence-corrected chi connectivity index (χ2v) is 9.18. The van der Waals surface area contributed by atoms with Crippen LogP contribution in [0.1, 0.15) is 22.8 Å². The van der Waals surface area contributed by atoms with Gasteiger partial charge in [-0.3, -0.25) is 9.36 Å². The van der Waals surface area contributed by atoms with Gasteiger partial charge in [0.05, 0.1) is 27.3 Å². The summed E-state index contributed by atoms with van der Waals surface area (Å²) in [5, 5.41) is 0.977. The molecule has 0 atom stereocenters. The van der Waals surface area contributed by atoms with Crippen LogP contribution in [0.5, 0.6) is 0 Å². The van der Waals surface area contributed by atoms with Crippen molar-refractivity contribution < 1.29 is 13.2 Å². The van der Waals surface area contributed by atoms with Gasteiger partial charge in [0.2, 0.25) is 5.91 Å². The van der Waals surface area contributed by atoms with Crippen LogP contribution in [0, 0.1) is 6.92 Å². The molecule has 0 amide bonds. The average Bonchev–Trinajstić information content (AvgIpc) is 3.09. The van der Waals surface area contributed by atoms with Crippen molar-refractivity contribution in [2.24, 2.45) is 4.40 Å². The van der Waals surface area contributed by atoms with Crippen molar-refractivity contribution in [2.45, 2.75) is 18.7 Å². The third kappa shape index (κ3) is 3.92. The highest BCUT2D eigenvalue weighted by atomic mass is 35.5. The number of sulfonamides is 1. The second-order valence-electron chi connectivity index (χ2n) is 7.14. The van der Waals surface area contributed by atoms with Crippen molar-refractivity contribution in [1.82, 2.24) is 4.57 Å². The molecule has 0 saturated heterocycles. The lowest BCUT2D eigenvalue weighted by atomic mass is 10.1. The van der Waals surface area contributed by atoms with Crippen LogP contribution < -0.4 is 0 Å². The van der Waals surface area contributed by atoms with Crippen LogP contribution in [-0.2, 0) is 10.0 Å². The SMILES string of the molecule is CC(=O)n1c(-c2ccccc2)c(/C=N/S(=O)(=O)c2ccc(C)cc2)c2c(Cl)cccc21. The molecule has 0 spiro atoms. The predicted molar refractivity (Wildman–Crippen MR) is 125 cm³/mol. The minimum absolute atomic E-state index is 0.0945. The first kappa shape index (κ1) is 21.0. The summed E-state index contributed by atoms with van der Waals surface area (Å²) in [6.07, 6.45) is 1.28. The Bertz CT molecular complexity index is 1420. The number of aryl methyl sites for hydroxylation is 1. The van der Waals surface area contributed by atoms with Gasteiger partial charge in [-0.2, -0.15) is 12.8 Å². The third-order valence-electron chi connectivity index (χ3n) is 4.98. The van der Waals surface area contributed by atoms with Gasteiger partial charge in [0.1, 0.15) is 0 Å². The lowest BCUT2D eigenvalue weighted by Gasteiger charge is -2.08. The molecule has 0 radical (unpaired) electrons. The molecule has 0 aliphatic carbocycles. The Morgan fingerprint density at radius 1 is 0.968 bits per heavy atom. The molecule has 31 heavy (non-hydrogen) atoms. The number of benzene rings is 3. The molecule has 7 heteroatoms. The number of aromatic nitrogens is 1. The molecule has 1 heterocycles. The van der Waals surface area contributed by atoms with Gasteiger partial charge in [-0.1, -0.05) is 65.7 Å². The molecule has 0 bridgehead atoms. The number of fused-ring (bicyclic) bond motifs is 1. The van der Waals surface area contributed by atoms with E-state index < -0.39 is 10.0 Å². The summed E-state index contributed by atoms with van der Waals surface area (Å²) >= 11 is 6.49. The first-order valence-electron chi connectivity index (χ1n) is 9.56. The Balaban J connectivity index is 2.00. The minimum Gasteiger partial charge on any atom is -0.279 e. The topological polar surface area (TPSA) is 68.5 Å². The normalized spacial score (nSPS) is 12.0. The Morgan fingerprint density at radius 2 is 1.65 bits per heavy atom. The zero-order chi connectivity index (χ0) is 22.2. The first-order valence-corrected chi connectivity index (χ1v) is 11.4. The number of hydrogen-bond donors (Lipinski definition) is 0. The van der Waals surface area contributed by atoms with Crippen LogP contribution in [0.4, 0.5) is 0 Å². The lowest BCUT2D eigenvalue weighted by molar-refractivity contribution is 0.0943. The Morgan fingerprint density at radius 3 is 2.29 bits per heavy atom. The molecule has 0 fully saturated rings. The number of halogens is 1. The largest absolute Gasteiger partial charge is 0.282 e. The molecule has 4 rings (SSSR count). The Hall–Kier alpha value is -3.22. The van der Waals surface area contributed by atoms with Crippen molar-refractivity contribution in [3.63, 3.8) is 0 Å². The van der Waals surface area contributed by atoms with Crippen molar-refractivity contribution >= 4 is 44.6 Å². The van der Waals surface area contributed by atoms with E-state index in [1.807, 2.05) is 37.3 Å². The van der Waals surface area contributed by atoms with Crippen LogP contribution in [0.25, 0.3) is 22.2 Å². The fourth-order valence-corrected chi connectivity index (χ4v) is 4.67. The molecule has 0 saturated carbocycles. The van der Waals surface area contributed by atoms with Gasteiger partial charge in [-0.25, -0.2) is 0 Å². The first-order chi connectivity index (χ1) is 14.8. The maximum absolute atomic E-state index is 12.8. The number of carbonyl (C=O) groups is 1.